The fourth-order valence-electron chi connectivity index (χ4n) is 3.50. The maximum absolute atomic E-state index is 13.1. The van der Waals surface area contributed by atoms with Gasteiger partial charge in [-0.3, -0.25) is 9.59 Å². The lowest BCUT2D eigenvalue weighted by molar-refractivity contribution is -0.134. The topological polar surface area (TPSA) is 61.9 Å². The summed E-state index contributed by atoms with van der Waals surface area (Å²) in [7, 11) is 1.58. The van der Waals surface area contributed by atoms with Crippen LogP contribution >= 0.6 is 0 Å². The molecule has 2 aromatic rings. The van der Waals surface area contributed by atoms with Gasteiger partial charge in [-0.15, -0.1) is 0 Å². The van der Waals surface area contributed by atoms with E-state index in [1.54, 1.807) is 31.4 Å². The molecule has 0 aromatic heterocycles. The van der Waals surface area contributed by atoms with Gasteiger partial charge in [0.1, 0.15) is 11.8 Å². The van der Waals surface area contributed by atoms with Crippen LogP contribution in [-0.2, 0) is 4.79 Å². The zero-order valence-electron chi connectivity index (χ0n) is 17.3. The quantitative estimate of drug-likeness (QED) is 0.817. The number of piperazine rings is 1. The Morgan fingerprint density at radius 1 is 0.931 bits per heavy atom. The Kier molecular flexibility index (Phi) is 6.75. The number of rotatable bonds is 6. The van der Waals surface area contributed by atoms with Gasteiger partial charge < -0.3 is 19.9 Å². The molecule has 1 heterocycles. The van der Waals surface area contributed by atoms with E-state index in [0.717, 1.165) is 13.1 Å². The summed E-state index contributed by atoms with van der Waals surface area (Å²) < 4.78 is 5.13. The van der Waals surface area contributed by atoms with Crippen molar-refractivity contribution < 1.29 is 14.3 Å². The zero-order valence-corrected chi connectivity index (χ0v) is 17.3. The van der Waals surface area contributed by atoms with Gasteiger partial charge in [0.2, 0.25) is 5.91 Å². The van der Waals surface area contributed by atoms with Crippen LogP contribution in [0.1, 0.15) is 24.2 Å². The lowest BCUT2D eigenvalue weighted by atomic mass is 10.0. The van der Waals surface area contributed by atoms with Crippen LogP contribution in [-0.4, -0.2) is 56.0 Å². The molecule has 1 atom stereocenters. The number of anilines is 1. The molecule has 0 bridgehead atoms. The largest absolute Gasteiger partial charge is 0.497 e. The van der Waals surface area contributed by atoms with E-state index in [-0.39, 0.29) is 17.7 Å². The molecule has 1 saturated heterocycles. The first kappa shape index (κ1) is 20.7. The molecule has 2 amide bonds. The van der Waals surface area contributed by atoms with Gasteiger partial charge in [0.15, 0.2) is 0 Å². The number of amides is 2. The number of methoxy groups -OCH3 is 1. The van der Waals surface area contributed by atoms with Crippen molar-refractivity contribution in [2.24, 2.45) is 5.92 Å². The number of hydrogen-bond acceptors (Lipinski definition) is 4. The second-order valence-corrected chi connectivity index (χ2v) is 7.57. The minimum absolute atomic E-state index is 0.00292. The van der Waals surface area contributed by atoms with Crippen LogP contribution in [0.15, 0.2) is 54.6 Å². The van der Waals surface area contributed by atoms with Crippen molar-refractivity contribution in [1.29, 1.82) is 0 Å². The Morgan fingerprint density at radius 3 is 2.10 bits per heavy atom. The third-order valence-electron chi connectivity index (χ3n) is 5.28. The summed E-state index contributed by atoms with van der Waals surface area (Å²) in [5.41, 5.74) is 1.69. The van der Waals surface area contributed by atoms with Crippen molar-refractivity contribution in [3.05, 3.63) is 60.2 Å². The van der Waals surface area contributed by atoms with E-state index < -0.39 is 6.04 Å². The summed E-state index contributed by atoms with van der Waals surface area (Å²) in [6, 6.07) is 16.6. The van der Waals surface area contributed by atoms with E-state index in [0.29, 0.717) is 24.4 Å². The van der Waals surface area contributed by atoms with Crippen LogP contribution < -0.4 is 15.0 Å². The second-order valence-electron chi connectivity index (χ2n) is 7.57. The number of hydrogen-bond donors (Lipinski definition) is 1. The summed E-state index contributed by atoms with van der Waals surface area (Å²) in [5, 5.41) is 2.93. The normalized spacial score (nSPS) is 15.2. The van der Waals surface area contributed by atoms with Crippen molar-refractivity contribution in [3.8, 4) is 5.75 Å². The maximum atomic E-state index is 13.1. The van der Waals surface area contributed by atoms with Gasteiger partial charge in [-0.2, -0.15) is 0 Å². The lowest BCUT2D eigenvalue weighted by Gasteiger charge is -2.38. The Hall–Kier alpha value is -3.02. The molecule has 1 unspecified atom stereocenters. The van der Waals surface area contributed by atoms with Crippen LogP contribution in [0.4, 0.5) is 5.69 Å². The highest BCUT2D eigenvalue weighted by atomic mass is 16.5. The van der Waals surface area contributed by atoms with Crippen molar-refractivity contribution in [3.63, 3.8) is 0 Å². The van der Waals surface area contributed by atoms with Gasteiger partial charge in [-0.05, 0) is 42.3 Å². The van der Waals surface area contributed by atoms with Gasteiger partial charge in [0.25, 0.3) is 5.91 Å². The van der Waals surface area contributed by atoms with Gasteiger partial charge in [-0.1, -0.05) is 32.0 Å². The highest BCUT2D eigenvalue weighted by Gasteiger charge is 2.31. The van der Waals surface area contributed by atoms with Crippen molar-refractivity contribution in [2.75, 3.05) is 38.2 Å². The first-order chi connectivity index (χ1) is 14.0. The van der Waals surface area contributed by atoms with E-state index in [4.69, 9.17) is 4.74 Å². The average Bonchev–Trinajstić information content (AvgIpc) is 2.77. The standard InChI is InChI=1S/C23H29N3O3/c1-17(2)21(24-22(27)18-9-11-20(29-3)12-10-18)23(28)26-15-13-25(14-16-26)19-7-5-4-6-8-19/h4-12,17,21H,13-16H2,1-3H3,(H,24,27). The molecule has 0 radical (unpaired) electrons. The lowest BCUT2D eigenvalue weighted by Crippen LogP contribution is -2.56. The third-order valence-corrected chi connectivity index (χ3v) is 5.28. The molecule has 29 heavy (non-hydrogen) atoms. The van der Waals surface area contributed by atoms with Crippen LogP contribution in [0.2, 0.25) is 0 Å². The average molecular weight is 396 g/mol. The minimum Gasteiger partial charge on any atom is -0.497 e. The van der Waals surface area contributed by atoms with Crippen LogP contribution in [0.3, 0.4) is 0 Å². The van der Waals surface area contributed by atoms with Gasteiger partial charge >= 0.3 is 0 Å². The van der Waals surface area contributed by atoms with Crippen LogP contribution in [0.25, 0.3) is 0 Å². The smallest absolute Gasteiger partial charge is 0.251 e. The number of ether oxygens (including phenoxy) is 1. The monoisotopic (exact) mass is 395 g/mol. The predicted octanol–water partition coefficient (Wildman–Crippen LogP) is 2.80. The molecule has 6 nitrogen and oxygen atoms in total. The molecule has 1 aliphatic heterocycles. The molecule has 3 rings (SSSR count). The zero-order chi connectivity index (χ0) is 20.8. The molecule has 1 aliphatic rings. The van der Waals surface area contributed by atoms with E-state index in [1.807, 2.05) is 36.9 Å². The Morgan fingerprint density at radius 2 is 1.55 bits per heavy atom. The number of carbonyl (C=O) groups is 2. The fraction of sp³-hybridized carbons (Fsp3) is 0.391. The minimum atomic E-state index is -0.548. The number of carbonyl (C=O) groups excluding carboxylic acids is 2. The predicted molar refractivity (Wildman–Crippen MR) is 114 cm³/mol. The number of benzene rings is 2. The summed E-state index contributed by atoms with van der Waals surface area (Å²) in [6.07, 6.45) is 0. The first-order valence-corrected chi connectivity index (χ1v) is 10.0. The van der Waals surface area contributed by atoms with Gasteiger partial charge in [-0.25, -0.2) is 0 Å². The second kappa shape index (κ2) is 9.45. The Labute approximate surface area is 172 Å². The molecule has 0 aliphatic carbocycles. The molecule has 154 valence electrons. The first-order valence-electron chi connectivity index (χ1n) is 10.0. The molecule has 1 fully saturated rings. The highest BCUT2D eigenvalue weighted by molar-refractivity contribution is 5.97. The van der Waals surface area contributed by atoms with Crippen LogP contribution in [0, 0.1) is 5.92 Å². The number of nitrogens with zero attached hydrogens (tertiary/aromatic N) is 2. The van der Waals surface area contributed by atoms with E-state index >= 15 is 0 Å². The molecular formula is C23H29N3O3. The van der Waals surface area contributed by atoms with Crippen molar-refractivity contribution in [1.82, 2.24) is 10.2 Å². The Balaban J connectivity index is 1.61. The third kappa shape index (κ3) is 5.08. The summed E-state index contributed by atoms with van der Waals surface area (Å²) in [5.74, 6) is 0.420. The summed E-state index contributed by atoms with van der Waals surface area (Å²) in [4.78, 5) is 29.9. The number of nitrogens with one attached hydrogen (secondary N) is 1. The van der Waals surface area contributed by atoms with E-state index in [9.17, 15) is 9.59 Å². The van der Waals surface area contributed by atoms with Crippen molar-refractivity contribution in [2.45, 2.75) is 19.9 Å². The van der Waals surface area contributed by atoms with E-state index in [1.165, 1.54) is 5.69 Å². The highest BCUT2D eigenvalue weighted by Crippen LogP contribution is 2.17. The maximum Gasteiger partial charge on any atom is 0.251 e. The van der Waals surface area contributed by atoms with Crippen LogP contribution in [0.5, 0.6) is 5.75 Å². The summed E-state index contributed by atoms with van der Waals surface area (Å²) >= 11 is 0. The molecule has 6 heteroatoms. The molecule has 0 saturated carbocycles. The van der Waals surface area contributed by atoms with E-state index in [2.05, 4.69) is 22.3 Å². The summed E-state index contributed by atoms with van der Waals surface area (Å²) in [6.45, 7) is 6.78. The molecular weight excluding hydrogens is 366 g/mol. The SMILES string of the molecule is COc1ccc(C(=O)NC(C(=O)N2CCN(c3ccccc3)CC2)C(C)C)cc1. The number of para-hydroxylation sites is 1. The van der Waals surface area contributed by atoms with Gasteiger partial charge in [0, 0.05) is 37.4 Å². The Bertz CT molecular complexity index is 813. The van der Waals surface area contributed by atoms with Crippen molar-refractivity contribution >= 4 is 17.5 Å². The molecule has 2 aromatic carbocycles. The fourth-order valence-corrected chi connectivity index (χ4v) is 3.50. The molecule has 0 spiro atoms. The molecule has 1 N–H and O–H groups in total. The van der Waals surface area contributed by atoms with Gasteiger partial charge in [0.05, 0.1) is 7.11 Å².